The van der Waals surface area contributed by atoms with Crippen molar-refractivity contribution < 1.29 is 0 Å². The maximum Gasteiger partial charge on any atom is 0.231 e. The first kappa shape index (κ1) is 33.2. The number of piperidine rings is 3. The zero-order valence-corrected chi connectivity index (χ0v) is 29.7. The van der Waals surface area contributed by atoms with Crippen molar-refractivity contribution in [3.05, 3.63) is 0 Å². The SMILES string of the molecule is CN(c1nc(N(C)C2CC(C)(C)NC(C)(C)C2)nc(N(C)C2CC(C)(C)NC(C)(C)C2)n1)C1CC(C)(C)NC(C)(C)C1. The number of hydrogen-bond donors (Lipinski definition) is 3. The molecule has 4 rings (SSSR count). The lowest BCUT2D eigenvalue weighted by Gasteiger charge is -2.50. The van der Waals surface area contributed by atoms with Crippen LogP contribution in [0.3, 0.4) is 0 Å². The van der Waals surface area contributed by atoms with Gasteiger partial charge in [-0.1, -0.05) is 0 Å². The first-order valence-corrected chi connectivity index (χ1v) is 16.2. The van der Waals surface area contributed by atoms with Crippen LogP contribution in [0.5, 0.6) is 0 Å². The average Bonchev–Trinajstić information content (AvgIpc) is 2.76. The van der Waals surface area contributed by atoms with Crippen LogP contribution in [0.4, 0.5) is 17.8 Å². The summed E-state index contributed by atoms with van der Waals surface area (Å²) in [6.07, 6.45) is 6.18. The fourth-order valence-corrected chi connectivity index (χ4v) is 8.93. The summed E-state index contributed by atoms with van der Waals surface area (Å²) in [5, 5.41) is 11.5. The van der Waals surface area contributed by atoms with Crippen molar-refractivity contribution in [1.29, 1.82) is 0 Å². The van der Waals surface area contributed by atoms with Gasteiger partial charge < -0.3 is 30.7 Å². The molecule has 1 aromatic heterocycles. The highest BCUT2D eigenvalue weighted by molar-refractivity contribution is 5.48. The molecule has 0 aliphatic carbocycles. The van der Waals surface area contributed by atoms with E-state index in [0.717, 1.165) is 56.4 Å². The lowest BCUT2D eigenvalue weighted by molar-refractivity contribution is 0.159. The van der Waals surface area contributed by atoms with Crippen LogP contribution in [0.1, 0.15) is 122 Å². The first-order chi connectivity index (χ1) is 18.9. The number of nitrogens with one attached hydrogen (secondary N) is 3. The van der Waals surface area contributed by atoms with Gasteiger partial charge in [0, 0.05) is 72.5 Å². The molecule has 0 spiro atoms. The van der Waals surface area contributed by atoms with E-state index in [0.29, 0.717) is 18.1 Å². The van der Waals surface area contributed by atoms with Gasteiger partial charge in [0.25, 0.3) is 0 Å². The first-order valence-electron chi connectivity index (χ1n) is 16.2. The maximum absolute atomic E-state index is 5.21. The lowest BCUT2D eigenvalue weighted by atomic mass is 9.79. The van der Waals surface area contributed by atoms with Crippen LogP contribution in [0.25, 0.3) is 0 Å². The number of hydrogen-bond acceptors (Lipinski definition) is 9. The molecule has 240 valence electrons. The van der Waals surface area contributed by atoms with Crippen LogP contribution >= 0.6 is 0 Å². The number of nitrogens with zero attached hydrogens (tertiary/aromatic N) is 6. The average molecular weight is 586 g/mol. The summed E-state index contributed by atoms with van der Waals surface area (Å²) in [5.74, 6) is 2.31. The zero-order chi connectivity index (χ0) is 31.7. The minimum atomic E-state index is 0.0332. The molecular weight excluding hydrogens is 522 g/mol. The molecule has 3 aliphatic heterocycles. The smallest absolute Gasteiger partial charge is 0.231 e. The van der Waals surface area contributed by atoms with E-state index in [2.05, 4.69) is 135 Å². The van der Waals surface area contributed by atoms with Gasteiger partial charge in [-0.3, -0.25) is 0 Å². The molecular formula is C33H63N9. The van der Waals surface area contributed by atoms with E-state index in [4.69, 9.17) is 15.0 Å². The van der Waals surface area contributed by atoms with E-state index in [-0.39, 0.29) is 33.2 Å². The van der Waals surface area contributed by atoms with E-state index >= 15 is 0 Å². The molecule has 0 bridgehead atoms. The normalized spacial score (nSPS) is 26.9. The van der Waals surface area contributed by atoms with Crippen LogP contribution in [-0.2, 0) is 0 Å². The summed E-state index contributed by atoms with van der Waals surface area (Å²) in [4.78, 5) is 22.6. The second-order valence-corrected chi connectivity index (χ2v) is 17.9. The summed E-state index contributed by atoms with van der Waals surface area (Å²) in [6, 6.07) is 0.968. The summed E-state index contributed by atoms with van der Waals surface area (Å²) in [6.45, 7) is 27.7. The third kappa shape index (κ3) is 7.86. The Balaban J connectivity index is 1.74. The van der Waals surface area contributed by atoms with Gasteiger partial charge in [-0.25, -0.2) is 0 Å². The molecule has 9 heteroatoms. The van der Waals surface area contributed by atoms with Gasteiger partial charge >= 0.3 is 0 Å². The summed E-state index contributed by atoms with van der Waals surface area (Å²) in [5.41, 5.74) is 0.199. The highest BCUT2D eigenvalue weighted by Crippen LogP contribution is 2.37. The molecule has 3 saturated heterocycles. The predicted molar refractivity (Wildman–Crippen MR) is 178 cm³/mol. The second-order valence-electron chi connectivity index (χ2n) is 17.9. The van der Waals surface area contributed by atoms with Crippen molar-refractivity contribution in [2.45, 2.75) is 173 Å². The number of aromatic nitrogens is 3. The van der Waals surface area contributed by atoms with Gasteiger partial charge in [0.2, 0.25) is 17.8 Å². The highest BCUT2D eigenvalue weighted by Gasteiger charge is 2.43. The molecule has 1 aromatic rings. The Hall–Kier alpha value is -1.71. The van der Waals surface area contributed by atoms with Crippen LogP contribution in [0, 0.1) is 0 Å². The maximum atomic E-state index is 5.21. The Kier molecular flexibility index (Phi) is 8.47. The Morgan fingerprint density at radius 2 is 0.571 bits per heavy atom. The molecule has 0 radical (unpaired) electrons. The van der Waals surface area contributed by atoms with Crippen molar-refractivity contribution in [2.24, 2.45) is 0 Å². The van der Waals surface area contributed by atoms with Gasteiger partial charge in [-0.05, 0) is 122 Å². The number of anilines is 3. The Labute approximate surface area is 257 Å². The quantitative estimate of drug-likeness (QED) is 0.422. The monoisotopic (exact) mass is 586 g/mol. The largest absolute Gasteiger partial charge is 0.341 e. The Morgan fingerprint density at radius 1 is 0.405 bits per heavy atom. The molecule has 9 nitrogen and oxygen atoms in total. The third-order valence-corrected chi connectivity index (χ3v) is 9.70. The van der Waals surface area contributed by atoms with Crippen molar-refractivity contribution in [3.8, 4) is 0 Å². The Morgan fingerprint density at radius 3 is 0.738 bits per heavy atom. The van der Waals surface area contributed by atoms with Crippen LogP contribution < -0.4 is 30.7 Å². The second kappa shape index (κ2) is 10.7. The molecule has 0 atom stereocenters. The standard InChI is InChI=1S/C33H63N9/c1-28(2)16-22(17-29(3,4)37-28)40(13)25-34-26(41(14)23-18-30(5,6)38-31(7,8)19-23)36-27(35-25)42(15)24-20-32(9,10)39-33(11,12)21-24/h22-24,37-39H,16-21H2,1-15H3. The highest BCUT2D eigenvalue weighted by atomic mass is 15.4. The van der Waals surface area contributed by atoms with Gasteiger partial charge in [0.15, 0.2) is 0 Å². The van der Waals surface area contributed by atoms with Crippen LogP contribution in [0.2, 0.25) is 0 Å². The molecule has 4 heterocycles. The fraction of sp³-hybridized carbons (Fsp3) is 0.909. The van der Waals surface area contributed by atoms with Crippen molar-refractivity contribution in [1.82, 2.24) is 30.9 Å². The van der Waals surface area contributed by atoms with Crippen molar-refractivity contribution >= 4 is 17.8 Å². The molecule has 42 heavy (non-hydrogen) atoms. The molecule has 0 unspecified atom stereocenters. The minimum Gasteiger partial charge on any atom is -0.341 e. The molecule has 3 aliphatic rings. The molecule has 0 amide bonds. The topological polar surface area (TPSA) is 84.5 Å². The summed E-state index contributed by atoms with van der Waals surface area (Å²) < 4.78 is 0. The van der Waals surface area contributed by atoms with E-state index in [1.807, 2.05) is 0 Å². The predicted octanol–water partition coefficient (Wildman–Crippen LogP) is 5.11. The van der Waals surface area contributed by atoms with Crippen molar-refractivity contribution in [3.63, 3.8) is 0 Å². The van der Waals surface area contributed by atoms with Gasteiger partial charge in [-0.15, -0.1) is 0 Å². The van der Waals surface area contributed by atoms with Crippen LogP contribution in [0.15, 0.2) is 0 Å². The third-order valence-electron chi connectivity index (χ3n) is 9.70. The summed E-state index contributed by atoms with van der Waals surface area (Å²) >= 11 is 0. The number of rotatable bonds is 6. The minimum absolute atomic E-state index is 0.0332. The Bertz CT molecular complexity index is 924. The van der Waals surface area contributed by atoms with E-state index in [1.54, 1.807) is 0 Å². The molecule has 0 aromatic carbocycles. The van der Waals surface area contributed by atoms with Gasteiger partial charge in [0.05, 0.1) is 0 Å². The zero-order valence-electron chi connectivity index (χ0n) is 29.7. The lowest BCUT2D eigenvalue weighted by Crippen LogP contribution is -2.62. The molecule has 0 saturated carbocycles. The van der Waals surface area contributed by atoms with Crippen molar-refractivity contribution in [2.75, 3.05) is 35.8 Å². The van der Waals surface area contributed by atoms with E-state index in [9.17, 15) is 0 Å². The molecule has 3 N–H and O–H groups in total. The van der Waals surface area contributed by atoms with Crippen LogP contribution in [-0.4, -0.2) is 87.5 Å². The van der Waals surface area contributed by atoms with E-state index in [1.165, 1.54) is 0 Å². The fourth-order valence-electron chi connectivity index (χ4n) is 8.93. The van der Waals surface area contributed by atoms with Gasteiger partial charge in [0.1, 0.15) is 0 Å². The van der Waals surface area contributed by atoms with E-state index < -0.39 is 0 Å². The van der Waals surface area contributed by atoms with Gasteiger partial charge in [-0.2, -0.15) is 15.0 Å². The molecule has 3 fully saturated rings. The summed E-state index contributed by atoms with van der Waals surface area (Å²) in [7, 11) is 6.54.